The first-order chi connectivity index (χ1) is 8.97. The van der Waals surface area contributed by atoms with Gasteiger partial charge in [-0.3, -0.25) is 4.79 Å². The van der Waals surface area contributed by atoms with Gasteiger partial charge in [-0.1, -0.05) is 0 Å². The lowest BCUT2D eigenvalue weighted by Gasteiger charge is -2.15. The van der Waals surface area contributed by atoms with E-state index in [-0.39, 0.29) is 23.7 Å². The Morgan fingerprint density at radius 2 is 2.05 bits per heavy atom. The van der Waals surface area contributed by atoms with E-state index in [0.29, 0.717) is 15.7 Å². The van der Waals surface area contributed by atoms with Gasteiger partial charge in [0.05, 0.1) is 9.13 Å². The number of rotatable bonds is 5. The smallest absolute Gasteiger partial charge is 0.255 e. The number of benzene rings is 1. The number of hydrogen-bond acceptors (Lipinski definition) is 3. The molecule has 1 aromatic rings. The first-order valence-corrected chi connectivity index (χ1v) is 8.20. The summed E-state index contributed by atoms with van der Waals surface area (Å²) in [5.41, 5.74) is 0.394. The van der Waals surface area contributed by atoms with Crippen molar-refractivity contribution in [1.82, 2.24) is 5.32 Å². The largest absolute Gasteiger partial charge is 0.506 e. The zero-order valence-corrected chi connectivity index (χ0v) is 14.6. The second kappa shape index (κ2) is 6.13. The molecule has 0 aromatic heterocycles. The summed E-state index contributed by atoms with van der Waals surface area (Å²) in [5.74, 6) is -0.219. The lowest BCUT2D eigenvalue weighted by atomic mass is 10.0. The van der Waals surface area contributed by atoms with Crippen molar-refractivity contribution in [3.63, 3.8) is 0 Å². The molecule has 0 heterocycles. The molecule has 1 aliphatic rings. The molecule has 0 atom stereocenters. The van der Waals surface area contributed by atoms with Gasteiger partial charge in [0.15, 0.2) is 0 Å². The number of phenolic OH excluding ortho intramolecular Hbond substituents is 1. The van der Waals surface area contributed by atoms with Crippen LogP contribution in [-0.2, 0) is 0 Å². The molecule has 6 heteroatoms. The lowest BCUT2D eigenvalue weighted by molar-refractivity contribution is 0.0938. The summed E-state index contributed by atoms with van der Waals surface area (Å²) in [5, 5.41) is 21.8. The van der Waals surface area contributed by atoms with E-state index in [2.05, 4.69) is 27.9 Å². The molecule has 1 fully saturated rings. The molecule has 0 spiro atoms. The fraction of sp³-hybridized carbons (Fsp3) is 0.462. The SMILES string of the molecule is O=C(NCC1(CCO)CC1)c1cc(I)cc(I)c1O. The van der Waals surface area contributed by atoms with E-state index in [9.17, 15) is 9.90 Å². The fourth-order valence-electron chi connectivity index (χ4n) is 2.03. The number of aliphatic hydroxyl groups excluding tert-OH is 1. The lowest BCUT2D eigenvalue weighted by Crippen LogP contribution is -2.30. The van der Waals surface area contributed by atoms with Crippen LogP contribution in [0.5, 0.6) is 5.75 Å². The fourth-order valence-corrected chi connectivity index (χ4v) is 3.88. The number of aromatic hydroxyl groups is 1. The van der Waals surface area contributed by atoms with Crippen molar-refractivity contribution in [2.24, 2.45) is 5.41 Å². The number of hydrogen-bond donors (Lipinski definition) is 3. The Kier molecular flexibility index (Phi) is 4.93. The van der Waals surface area contributed by atoms with Crippen molar-refractivity contribution in [3.8, 4) is 5.75 Å². The van der Waals surface area contributed by atoms with E-state index >= 15 is 0 Å². The maximum Gasteiger partial charge on any atom is 0.255 e. The first kappa shape index (κ1) is 15.3. The van der Waals surface area contributed by atoms with E-state index < -0.39 is 0 Å². The van der Waals surface area contributed by atoms with Crippen LogP contribution in [0.15, 0.2) is 12.1 Å². The molecule has 104 valence electrons. The van der Waals surface area contributed by atoms with E-state index in [0.717, 1.165) is 22.8 Å². The highest BCUT2D eigenvalue weighted by atomic mass is 127. The average Bonchev–Trinajstić information content (AvgIpc) is 3.12. The van der Waals surface area contributed by atoms with Crippen LogP contribution in [0, 0.1) is 12.6 Å². The molecule has 1 amide bonds. The van der Waals surface area contributed by atoms with Gasteiger partial charge in [-0.2, -0.15) is 0 Å². The summed E-state index contributed by atoms with van der Waals surface area (Å²) < 4.78 is 1.59. The van der Waals surface area contributed by atoms with Crippen molar-refractivity contribution >= 4 is 51.1 Å². The van der Waals surface area contributed by atoms with E-state index in [1.54, 1.807) is 6.07 Å². The summed E-state index contributed by atoms with van der Waals surface area (Å²) in [4.78, 5) is 12.1. The zero-order chi connectivity index (χ0) is 14.0. The number of nitrogens with one attached hydrogen (secondary N) is 1. The Balaban J connectivity index is 2.04. The summed E-state index contributed by atoms with van der Waals surface area (Å²) in [7, 11) is 0. The quantitative estimate of drug-likeness (QED) is 0.560. The normalized spacial score (nSPS) is 16.2. The van der Waals surface area contributed by atoms with Gasteiger partial charge in [-0.15, -0.1) is 0 Å². The number of halogens is 2. The zero-order valence-electron chi connectivity index (χ0n) is 10.2. The van der Waals surface area contributed by atoms with Gasteiger partial charge in [-0.25, -0.2) is 0 Å². The van der Waals surface area contributed by atoms with Gasteiger partial charge < -0.3 is 15.5 Å². The molecule has 0 bridgehead atoms. The Morgan fingerprint density at radius 1 is 1.37 bits per heavy atom. The highest BCUT2D eigenvalue weighted by molar-refractivity contribution is 14.1. The predicted octanol–water partition coefficient (Wildman–Crippen LogP) is 2.49. The number of aliphatic hydroxyl groups is 1. The molecule has 0 saturated heterocycles. The molecule has 0 radical (unpaired) electrons. The van der Waals surface area contributed by atoms with E-state index in [4.69, 9.17) is 5.11 Å². The third-order valence-corrected chi connectivity index (χ3v) is 4.94. The molecule has 1 aromatic carbocycles. The summed E-state index contributed by atoms with van der Waals surface area (Å²) in [6.45, 7) is 0.718. The van der Waals surface area contributed by atoms with E-state index in [1.807, 2.05) is 28.7 Å². The van der Waals surface area contributed by atoms with Crippen LogP contribution < -0.4 is 5.32 Å². The Labute approximate surface area is 139 Å². The van der Waals surface area contributed by atoms with Crippen molar-refractivity contribution in [2.75, 3.05) is 13.2 Å². The van der Waals surface area contributed by atoms with Crippen LogP contribution in [0.2, 0.25) is 0 Å². The number of carbonyl (C=O) groups is 1. The molecule has 0 unspecified atom stereocenters. The van der Waals surface area contributed by atoms with Gasteiger partial charge >= 0.3 is 0 Å². The Bertz CT molecular complexity index is 501. The highest BCUT2D eigenvalue weighted by Gasteiger charge is 2.42. The van der Waals surface area contributed by atoms with Crippen LogP contribution in [-0.4, -0.2) is 29.3 Å². The summed E-state index contributed by atoms with van der Waals surface area (Å²) >= 11 is 4.13. The van der Waals surface area contributed by atoms with Crippen LogP contribution in [0.1, 0.15) is 29.6 Å². The predicted molar refractivity (Wildman–Crippen MR) is 89.2 cm³/mol. The third kappa shape index (κ3) is 3.72. The first-order valence-electron chi connectivity index (χ1n) is 6.04. The Hall–Kier alpha value is -0.0900. The molecule has 1 saturated carbocycles. The van der Waals surface area contributed by atoms with Crippen LogP contribution in [0.3, 0.4) is 0 Å². The molecule has 4 nitrogen and oxygen atoms in total. The van der Waals surface area contributed by atoms with Crippen LogP contribution >= 0.6 is 45.2 Å². The maximum absolute atomic E-state index is 12.1. The second-order valence-corrected chi connectivity index (χ2v) is 7.35. The minimum Gasteiger partial charge on any atom is -0.506 e. The summed E-state index contributed by atoms with van der Waals surface area (Å²) in [6.07, 6.45) is 2.82. The van der Waals surface area contributed by atoms with Crippen LogP contribution in [0.4, 0.5) is 0 Å². The average molecular weight is 487 g/mol. The van der Waals surface area contributed by atoms with Gasteiger partial charge in [0.25, 0.3) is 5.91 Å². The third-order valence-electron chi connectivity index (χ3n) is 3.50. The summed E-state index contributed by atoms with van der Waals surface area (Å²) in [6, 6.07) is 3.50. The minimum atomic E-state index is -0.252. The molecule has 2 rings (SSSR count). The maximum atomic E-state index is 12.1. The molecular weight excluding hydrogens is 472 g/mol. The van der Waals surface area contributed by atoms with Crippen molar-refractivity contribution in [2.45, 2.75) is 19.3 Å². The molecule has 3 N–H and O–H groups in total. The molecular formula is C13H15I2NO3. The van der Waals surface area contributed by atoms with Gasteiger partial charge in [0, 0.05) is 16.7 Å². The van der Waals surface area contributed by atoms with Crippen LogP contribution in [0.25, 0.3) is 0 Å². The van der Waals surface area contributed by atoms with Gasteiger partial charge in [0.1, 0.15) is 5.75 Å². The number of phenols is 1. The van der Waals surface area contributed by atoms with Crippen molar-refractivity contribution in [3.05, 3.63) is 24.8 Å². The molecule has 1 aliphatic carbocycles. The highest BCUT2D eigenvalue weighted by Crippen LogP contribution is 2.47. The topological polar surface area (TPSA) is 69.6 Å². The van der Waals surface area contributed by atoms with Crippen molar-refractivity contribution < 1.29 is 15.0 Å². The number of carbonyl (C=O) groups excluding carboxylic acids is 1. The van der Waals surface area contributed by atoms with Gasteiger partial charge in [0.2, 0.25) is 0 Å². The van der Waals surface area contributed by atoms with Gasteiger partial charge in [-0.05, 0) is 82.0 Å². The molecule has 0 aliphatic heterocycles. The van der Waals surface area contributed by atoms with Crippen molar-refractivity contribution in [1.29, 1.82) is 0 Å². The Morgan fingerprint density at radius 3 is 2.63 bits per heavy atom. The monoisotopic (exact) mass is 487 g/mol. The number of amides is 1. The standard InChI is InChI=1S/C13H15I2NO3/c14-8-5-9(11(18)10(15)6-8)12(19)16-7-13(1-2-13)3-4-17/h5-6,17-18H,1-4,7H2,(H,16,19). The second-order valence-electron chi connectivity index (χ2n) is 4.94. The minimum absolute atomic E-state index is 0.0329. The molecule has 19 heavy (non-hydrogen) atoms. The van der Waals surface area contributed by atoms with E-state index in [1.165, 1.54) is 0 Å².